The molecule has 1 amide bonds. The minimum absolute atomic E-state index is 0.0280. The number of pyridine rings is 1. The quantitative estimate of drug-likeness (QED) is 0.770. The molecule has 0 unspecified atom stereocenters. The molecule has 0 spiro atoms. The normalized spacial score (nSPS) is 17.1. The average Bonchev–Trinajstić information content (AvgIpc) is 3.24. The van der Waals surface area contributed by atoms with Gasteiger partial charge in [-0.2, -0.15) is 5.10 Å². The molecule has 3 heterocycles. The Kier molecular flexibility index (Phi) is 4.96. The first kappa shape index (κ1) is 17.4. The molecule has 5 nitrogen and oxygen atoms in total. The number of carbonyl (C=O) groups excluding carboxylic acids is 1. The fraction of sp³-hybridized carbons (Fsp3) is 0.286. The standard InChI is InChI=1S/C21H21FN4O/c22-18-8-2-1-5-15(18)13-17-7-3-9-19(24-17)16-6-4-12-26(14-16)21(27)20-10-11-23-25-20/h1-3,5,7-11,16H,4,6,12-14H2,(H,23,25)/t16-/m1/s1. The van der Waals surface area contributed by atoms with E-state index in [2.05, 4.69) is 10.2 Å². The van der Waals surface area contributed by atoms with Crippen molar-refractivity contribution < 1.29 is 9.18 Å². The Morgan fingerprint density at radius 1 is 1.19 bits per heavy atom. The zero-order chi connectivity index (χ0) is 18.6. The van der Waals surface area contributed by atoms with Gasteiger partial charge in [-0.05, 0) is 42.7 Å². The number of benzene rings is 1. The summed E-state index contributed by atoms with van der Waals surface area (Å²) >= 11 is 0. The highest BCUT2D eigenvalue weighted by Gasteiger charge is 2.27. The van der Waals surface area contributed by atoms with Crippen LogP contribution in [0.25, 0.3) is 0 Å². The van der Waals surface area contributed by atoms with E-state index in [-0.39, 0.29) is 17.6 Å². The molecule has 138 valence electrons. The van der Waals surface area contributed by atoms with E-state index in [0.717, 1.165) is 30.8 Å². The van der Waals surface area contributed by atoms with Crippen molar-refractivity contribution in [1.29, 1.82) is 0 Å². The topological polar surface area (TPSA) is 61.9 Å². The molecule has 6 heteroatoms. The van der Waals surface area contributed by atoms with E-state index in [0.29, 0.717) is 24.2 Å². The molecule has 1 aliphatic rings. The molecule has 4 rings (SSSR count). The van der Waals surface area contributed by atoms with Crippen molar-refractivity contribution in [2.45, 2.75) is 25.2 Å². The van der Waals surface area contributed by atoms with Crippen LogP contribution in [0.1, 0.15) is 46.2 Å². The highest BCUT2D eigenvalue weighted by molar-refractivity contribution is 5.92. The summed E-state index contributed by atoms with van der Waals surface area (Å²) in [5.41, 5.74) is 2.96. The lowest BCUT2D eigenvalue weighted by Gasteiger charge is -2.32. The first-order valence-electron chi connectivity index (χ1n) is 9.18. The van der Waals surface area contributed by atoms with Crippen LogP contribution in [0, 0.1) is 5.82 Å². The van der Waals surface area contributed by atoms with E-state index in [1.54, 1.807) is 24.4 Å². The molecule has 1 atom stereocenters. The van der Waals surface area contributed by atoms with Crippen LogP contribution < -0.4 is 0 Å². The predicted octanol–water partition coefficient (Wildman–Crippen LogP) is 3.55. The number of nitrogens with one attached hydrogen (secondary N) is 1. The number of nitrogens with zero attached hydrogens (tertiary/aromatic N) is 3. The molecule has 1 saturated heterocycles. The Balaban J connectivity index is 1.50. The number of likely N-dealkylation sites (tertiary alicyclic amines) is 1. The van der Waals surface area contributed by atoms with Gasteiger partial charge in [-0.3, -0.25) is 14.9 Å². The summed E-state index contributed by atoms with van der Waals surface area (Å²) in [6, 6.07) is 14.4. The first-order chi connectivity index (χ1) is 13.2. The van der Waals surface area contributed by atoms with Gasteiger partial charge in [0.25, 0.3) is 5.91 Å². The molecule has 1 N–H and O–H groups in total. The molecule has 2 aromatic heterocycles. The van der Waals surface area contributed by atoms with Gasteiger partial charge in [0, 0.05) is 43.0 Å². The lowest BCUT2D eigenvalue weighted by molar-refractivity contribution is 0.0700. The molecule has 3 aromatic rings. The molecular weight excluding hydrogens is 343 g/mol. The maximum absolute atomic E-state index is 13.9. The van der Waals surface area contributed by atoms with E-state index in [1.807, 2.05) is 29.2 Å². The lowest BCUT2D eigenvalue weighted by atomic mass is 9.93. The largest absolute Gasteiger partial charge is 0.337 e. The highest BCUT2D eigenvalue weighted by atomic mass is 19.1. The van der Waals surface area contributed by atoms with Crippen LogP contribution in [0.4, 0.5) is 4.39 Å². The van der Waals surface area contributed by atoms with Crippen molar-refractivity contribution >= 4 is 5.91 Å². The second kappa shape index (κ2) is 7.70. The number of halogens is 1. The van der Waals surface area contributed by atoms with E-state index >= 15 is 0 Å². The minimum Gasteiger partial charge on any atom is -0.337 e. The van der Waals surface area contributed by atoms with E-state index < -0.39 is 0 Å². The third-order valence-electron chi connectivity index (χ3n) is 5.02. The van der Waals surface area contributed by atoms with Crippen molar-refractivity contribution in [2.75, 3.05) is 13.1 Å². The van der Waals surface area contributed by atoms with Crippen LogP contribution in [0.3, 0.4) is 0 Å². The molecule has 27 heavy (non-hydrogen) atoms. The predicted molar refractivity (Wildman–Crippen MR) is 99.9 cm³/mol. The van der Waals surface area contributed by atoms with Crippen molar-refractivity contribution in [1.82, 2.24) is 20.1 Å². The van der Waals surface area contributed by atoms with Crippen LogP contribution in [-0.4, -0.2) is 39.1 Å². The Labute approximate surface area is 157 Å². The second-order valence-electron chi connectivity index (χ2n) is 6.88. The number of rotatable bonds is 4. The van der Waals surface area contributed by atoms with Gasteiger partial charge >= 0.3 is 0 Å². The summed E-state index contributed by atoms with van der Waals surface area (Å²) in [6.07, 6.45) is 3.97. The maximum Gasteiger partial charge on any atom is 0.271 e. The van der Waals surface area contributed by atoms with E-state index in [4.69, 9.17) is 4.98 Å². The van der Waals surface area contributed by atoms with Gasteiger partial charge in [-0.15, -0.1) is 0 Å². The van der Waals surface area contributed by atoms with Crippen molar-refractivity contribution in [3.8, 4) is 0 Å². The van der Waals surface area contributed by atoms with Gasteiger partial charge in [0.05, 0.1) is 0 Å². The number of piperidine rings is 1. The molecular formula is C21H21FN4O. The summed E-state index contributed by atoms with van der Waals surface area (Å²) in [4.78, 5) is 19.2. The Morgan fingerprint density at radius 3 is 2.89 bits per heavy atom. The van der Waals surface area contributed by atoms with Crippen LogP contribution in [0.5, 0.6) is 0 Å². The summed E-state index contributed by atoms with van der Waals surface area (Å²) < 4.78 is 13.9. The highest BCUT2D eigenvalue weighted by Crippen LogP contribution is 2.27. The molecule has 0 saturated carbocycles. The zero-order valence-corrected chi connectivity index (χ0v) is 14.9. The van der Waals surface area contributed by atoms with Gasteiger partial charge in [-0.25, -0.2) is 4.39 Å². The minimum atomic E-state index is -0.210. The lowest BCUT2D eigenvalue weighted by Crippen LogP contribution is -2.39. The maximum atomic E-state index is 13.9. The number of hydrogen-bond acceptors (Lipinski definition) is 3. The van der Waals surface area contributed by atoms with Crippen LogP contribution >= 0.6 is 0 Å². The zero-order valence-electron chi connectivity index (χ0n) is 14.9. The summed E-state index contributed by atoms with van der Waals surface area (Å²) in [6.45, 7) is 1.37. The van der Waals surface area contributed by atoms with Gasteiger partial charge < -0.3 is 4.90 Å². The summed E-state index contributed by atoms with van der Waals surface area (Å²) in [5, 5.41) is 6.60. The molecule has 1 aromatic carbocycles. The van der Waals surface area contributed by atoms with Gasteiger partial charge in [0.1, 0.15) is 11.5 Å². The van der Waals surface area contributed by atoms with Gasteiger partial charge in [0.2, 0.25) is 0 Å². The fourth-order valence-electron chi connectivity index (χ4n) is 3.61. The number of amides is 1. The van der Waals surface area contributed by atoms with E-state index in [9.17, 15) is 9.18 Å². The van der Waals surface area contributed by atoms with Crippen LogP contribution in [-0.2, 0) is 6.42 Å². The summed E-state index contributed by atoms with van der Waals surface area (Å²) in [7, 11) is 0. The Hall–Kier alpha value is -3.02. The molecule has 1 aliphatic heterocycles. The van der Waals surface area contributed by atoms with Gasteiger partial charge in [-0.1, -0.05) is 24.3 Å². The first-order valence-corrected chi connectivity index (χ1v) is 9.18. The number of H-pyrrole nitrogens is 1. The monoisotopic (exact) mass is 364 g/mol. The number of carbonyl (C=O) groups is 1. The van der Waals surface area contributed by atoms with Crippen molar-refractivity contribution in [3.63, 3.8) is 0 Å². The third kappa shape index (κ3) is 3.89. The SMILES string of the molecule is O=C(c1ccn[nH]1)N1CCC[C@@H](c2cccc(Cc3ccccc3F)n2)C1. The second-order valence-corrected chi connectivity index (χ2v) is 6.88. The average molecular weight is 364 g/mol. The number of hydrogen-bond donors (Lipinski definition) is 1. The van der Waals surface area contributed by atoms with Crippen LogP contribution in [0.15, 0.2) is 54.7 Å². The summed E-state index contributed by atoms with van der Waals surface area (Å²) in [5.74, 6) is -0.0513. The molecule has 1 fully saturated rings. The smallest absolute Gasteiger partial charge is 0.271 e. The molecule has 0 bridgehead atoms. The Bertz CT molecular complexity index is 925. The fourth-order valence-corrected chi connectivity index (χ4v) is 3.61. The van der Waals surface area contributed by atoms with Crippen LogP contribution in [0.2, 0.25) is 0 Å². The molecule has 0 aliphatic carbocycles. The van der Waals surface area contributed by atoms with Crippen molar-refractivity contribution in [2.24, 2.45) is 0 Å². The number of aromatic amines is 1. The number of aromatic nitrogens is 3. The Morgan fingerprint density at radius 2 is 2.07 bits per heavy atom. The molecule has 0 radical (unpaired) electrons. The van der Waals surface area contributed by atoms with E-state index in [1.165, 1.54) is 6.07 Å². The third-order valence-corrected chi connectivity index (χ3v) is 5.02. The van der Waals surface area contributed by atoms with Crippen molar-refractivity contribution in [3.05, 3.63) is 83.2 Å². The van der Waals surface area contributed by atoms with Gasteiger partial charge in [0.15, 0.2) is 0 Å².